The highest BCUT2D eigenvalue weighted by molar-refractivity contribution is 9.10. The van der Waals surface area contributed by atoms with Gasteiger partial charge in [0, 0.05) is 12.7 Å². The Balaban J connectivity index is 2.04. The Kier molecular flexibility index (Phi) is 5.48. The predicted octanol–water partition coefficient (Wildman–Crippen LogP) is 2.04. The summed E-state index contributed by atoms with van der Waals surface area (Å²) in [4.78, 5) is 22.5. The Hall–Kier alpha value is -2.23. The van der Waals surface area contributed by atoms with E-state index in [2.05, 4.69) is 31.4 Å². The number of carbonyl (C=O) groups is 1. The Labute approximate surface area is 140 Å². The first-order valence-corrected chi connectivity index (χ1v) is 7.93. The lowest BCUT2D eigenvalue weighted by atomic mass is 10.2. The van der Waals surface area contributed by atoms with Crippen molar-refractivity contribution in [2.24, 2.45) is 0 Å². The molecule has 1 N–H and O–H groups in total. The SMILES string of the molecule is CCC(C(=O)NCc1nn(CC)cc1Br)n1cc([N+](=O)[O-])cn1. The molecule has 0 fully saturated rings. The van der Waals surface area contributed by atoms with Crippen molar-refractivity contribution in [3.8, 4) is 0 Å². The lowest BCUT2D eigenvalue weighted by molar-refractivity contribution is -0.385. The monoisotopic (exact) mass is 384 g/mol. The van der Waals surface area contributed by atoms with Gasteiger partial charge in [-0.25, -0.2) is 0 Å². The largest absolute Gasteiger partial charge is 0.348 e. The van der Waals surface area contributed by atoms with Crippen molar-refractivity contribution in [1.82, 2.24) is 24.9 Å². The number of halogens is 1. The first kappa shape index (κ1) is 17.1. The molecule has 0 saturated heterocycles. The summed E-state index contributed by atoms with van der Waals surface area (Å²) < 4.78 is 3.90. The number of hydrogen-bond donors (Lipinski definition) is 1. The van der Waals surface area contributed by atoms with Gasteiger partial charge >= 0.3 is 5.69 Å². The van der Waals surface area contributed by atoms with Gasteiger partial charge in [0.15, 0.2) is 0 Å². The Morgan fingerprint density at radius 1 is 1.48 bits per heavy atom. The van der Waals surface area contributed by atoms with Crippen molar-refractivity contribution >= 4 is 27.5 Å². The molecule has 2 rings (SSSR count). The predicted molar refractivity (Wildman–Crippen MR) is 85.7 cm³/mol. The van der Waals surface area contributed by atoms with Gasteiger partial charge in [0.1, 0.15) is 18.4 Å². The third-order valence-electron chi connectivity index (χ3n) is 3.35. The molecule has 0 aliphatic carbocycles. The van der Waals surface area contributed by atoms with Gasteiger partial charge in [-0.3, -0.25) is 24.3 Å². The van der Waals surface area contributed by atoms with E-state index >= 15 is 0 Å². The molecule has 124 valence electrons. The van der Waals surface area contributed by atoms with E-state index in [-0.39, 0.29) is 18.1 Å². The van der Waals surface area contributed by atoms with Crippen molar-refractivity contribution in [3.63, 3.8) is 0 Å². The van der Waals surface area contributed by atoms with Crippen molar-refractivity contribution in [2.45, 2.75) is 39.4 Å². The number of nitro groups is 1. The third kappa shape index (κ3) is 3.95. The summed E-state index contributed by atoms with van der Waals surface area (Å²) in [5.74, 6) is -0.261. The maximum absolute atomic E-state index is 12.3. The van der Waals surface area contributed by atoms with Gasteiger partial charge in [0.25, 0.3) is 0 Å². The smallest absolute Gasteiger partial charge is 0.307 e. The molecular weight excluding hydrogens is 368 g/mol. The Morgan fingerprint density at radius 2 is 2.22 bits per heavy atom. The number of aryl methyl sites for hydroxylation is 1. The molecule has 0 aliphatic heterocycles. The average molecular weight is 385 g/mol. The zero-order valence-electron chi connectivity index (χ0n) is 12.8. The molecule has 1 atom stereocenters. The Bertz CT molecular complexity index is 710. The van der Waals surface area contributed by atoms with Gasteiger partial charge in [-0.15, -0.1) is 0 Å². The zero-order chi connectivity index (χ0) is 17.0. The molecule has 0 bridgehead atoms. The molecular formula is C13H17BrN6O3. The van der Waals surface area contributed by atoms with Crippen molar-refractivity contribution < 1.29 is 9.72 Å². The lowest BCUT2D eigenvalue weighted by Crippen LogP contribution is -2.32. The van der Waals surface area contributed by atoms with E-state index in [1.165, 1.54) is 10.9 Å². The fourth-order valence-electron chi connectivity index (χ4n) is 2.09. The van der Waals surface area contributed by atoms with Crippen LogP contribution in [0.1, 0.15) is 32.0 Å². The van der Waals surface area contributed by atoms with Gasteiger partial charge in [-0.1, -0.05) is 6.92 Å². The third-order valence-corrected chi connectivity index (χ3v) is 4.01. The van der Waals surface area contributed by atoms with Crippen molar-refractivity contribution in [3.05, 3.63) is 38.9 Å². The summed E-state index contributed by atoms with van der Waals surface area (Å²) in [6, 6.07) is -0.601. The molecule has 2 heterocycles. The number of nitrogens with zero attached hydrogens (tertiary/aromatic N) is 5. The molecule has 10 heteroatoms. The second kappa shape index (κ2) is 7.36. The molecule has 23 heavy (non-hydrogen) atoms. The highest BCUT2D eigenvalue weighted by Crippen LogP contribution is 2.17. The number of hydrogen-bond acceptors (Lipinski definition) is 5. The van der Waals surface area contributed by atoms with Gasteiger partial charge in [0.2, 0.25) is 5.91 Å². The van der Waals surface area contributed by atoms with E-state index in [4.69, 9.17) is 0 Å². The lowest BCUT2D eigenvalue weighted by Gasteiger charge is -2.14. The highest BCUT2D eigenvalue weighted by Gasteiger charge is 2.22. The van der Waals surface area contributed by atoms with Crippen LogP contribution in [-0.2, 0) is 17.9 Å². The summed E-state index contributed by atoms with van der Waals surface area (Å²) in [6.07, 6.45) is 4.70. The molecule has 2 aromatic heterocycles. The number of aromatic nitrogens is 4. The first-order chi connectivity index (χ1) is 11.0. The minimum atomic E-state index is -0.601. The fourth-order valence-corrected chi connectivity index (χ4v) is 2.55. The van der Waals surface area contributed by atoms with Crippen LogP contribution in [-0.4, -0.2) is 30.4 Å². The van der Waals surface area contributed by atoms with Crippen LogP contribution in [0.5, 0.6) is 0 Å². The molecule has 1 unspecified atom stereocenters. The standard InChI is InChI=1S/C13H17BrN6O3/c1-3-12(19-7-9(5-16-19)20(22)23)13(21)15-6-11-10(14)8-18(4-2)17-11/h5,7-8,12H,3-4,6H2,1-2H3,(H,15,21). The molecule has 2 aromatic rings. The maximum Gasteiger partial charge on any atom is 0.307 e. The Morgan fingerprint density at radius 3 is 2.74 bits per heavy atom. The van der Waals surface area contributed by atoms with E-state index in [1.807, 2.05) is 20.0 Å². The van der Waals surface area contributed by atoms with Crippen LogP contribution in [0, 0.1) is 10.1 Å². The number of carbonyl (C=O) groups excluding carboxylic acids is 1. The second-order valence-corrected chi connectivity index (χ2v) is 5.71. The number of nitrogens with one attached hydrogen (secondary N) is 1. The molecule has 0 saturated carbocycles. The first-order valence-electron chi connectivity index (χ1n) is 7.14. The topological polar surface area (TPSA) is 108 Å². The molecule has 0 radical (unpaired) electrons. The molecule has 9 nitrogen and oxygen atoms in total. The molecule has 0 aromatic carbocycles. The van der Waals surface area contributed by atoms with E-state index in [0.717, 1.165) is 22.9 Å². The molecule has 1 amide bonds. The van der Waals surface area contributed by atoms with Gasteiger partial charge in [-0.05, 0) is 29.3 Å². The summed E-state index contributed by atoms with van der Waals surface area (Å²) >= 11 is 3.40. The van der Waals surface area contributed by atoms with Crippen LogP contribution >= 0.6 is 15.9 Å². The van der Waals surface area contributed by atoms with Gasteiger partial charge in [-0.2, -0.15) is 10.2 Å². The van der Waals surface area contributed by atoms with Crippen LogP contribution in [0.2, 0.25) is 0 Å². The van der Waals surface area contributed by atoms with E-state index in [9.17, 15) is 14.9 Å². The van der Waals surface area contributed by atoms with E-state index in [0.29, 0.717) is 6.42 Å². The number of amides is 1. The summed E-state index contributed by atoms with van der Waals surface area (Å²) in [5, 5.41) is 21.7. The molecule has 0 spiro atoms. The zero-order valence-corrected chi connectivity index (χ0v) is 14.4. The quantitative estimate of drug-likeness (QED) is 0.580. The van der Waals surface area contributed by atoms with Gasteiger partial charge in [0.05, 0.1) is 21.6 Å². The minimum Gasteiger partial charge on any atom is -0.348 e. The van der Waals surface area contributed by atoms with Crippen molar-refractivity contribution in [2.75, 3.05) is 0 Å². The van der Waals surface area contributed by atoms with E-state index in [1.54, 1.807) is 4.68 Å². The van der Waals surface area contributed by atoms with Crippen LogP contribution in [0.4, 0.5) is 5.69 Å². The minimum absolute atomic E-state index is 0.138. The average Bonchev–Trinajstić information content (AvgIpc) is 3.13. The van der Waals surface area contributed by atoms with Crippen LogP contribution in [0.25, 0.3) is 0 Å². The summed E-state index contributed by atoms with van der Waals surface area (Å²) in [7, 11) is 0. The van der Waals surface area contributed by atoms with Crippen LogP contribution in [0.3, 0.4) is 0 Å². The maximum atomic E-state index is 12.3. The van der Waals surface area contributed by atoms with E-state index < -0.39 is 11.0 Å². The molecule has 0 aliphatic rings. The second-order valence-electron chi connectivity index (χ2n) is 4.86. The summed E-state index contributed by atoms with van der Waals surface area (Å²) in [6.45, 7) is 4.80. The summed E-state index contributed by atoms with van der Waals surface area (Å²) in [5.41, 5.74) is 0.585. The normalized spacial score (nSPS) is 12.1. The van der Waals surface area contributed by atoms with Crippen molar-refractivity contribution in [1.29, 1.82) is 0 Å². The van der Waals surface area contributed by atoms with Gasteiger partial charge < -0.3 is 5.32 Å². The van der Waals surface area contributed by atoms with Crippen LogP contribution in [0.15, 0.2) is 23.1 Å². The van der Waals surface area contributed by atoms with Crippen LogP contribution < -0.4 is 5.32 Å². The number of rotatable bonds is 7. The fraction of sp³-hybridized carbons (Fsp3) is 0.462. The highest BCUT2D eigenvalue weighted by atomic mass is 79.9.